The van der Waals surface area contributed by atoms with Crippen LogP contribution < -0.4 is 5.69 Å². The van der Waals surface area contributed by atoms with Crippen LogP contribution in [0.25, 0.3) is 5.52 Å². The zero-order chi connectivity index (χ0) is 29.1. The first-order chi connectivity index (χ1) is 19.5. The number of alkyl halides is 3. The number of imidazole rings is 1. The van der Waals surface area contributed by atoms with Crippen molar-refractivity contribution in [3.05, 3.63) is 52.2 Å². The zero-order valence-corrected chi connectivity index (χ0v) is 24.4. The number of methoxy groups -OCH3 is 1. The van der Waals surface area contributed by atoms with E-state index in [2.05, 4.69) is 22.0 Å². The molecule has 2 unspecified atom stereocenters. The lowest BCUT2D eigenvalue weighted by Crippen LogP contribution is -2.53. The molecule has 4 atom stereocenters. The van der Waals surface area contributed by atoms with E-state index in [9.17, 15) is 18.0 Å². The lowest BCUT2D eigenvalue weighted by molar-refractivity contribution is -0.136. The molecule has 0 bridgehead atoms. The number of ether oxygens (including phenoxy) is 1. The number of halogens is 3. The molecule has 3 aliphatic rings. The average Bonchev–Trinajstić information content (AvgIpc) is 3.50. The Morgan fingerprint density at radius 3 is 2.59 bits per heavy atom. The fourth-order valence-corrected chi connectivity index (χ4v) is 8.00. The SMILES string of the molecule is CO[C@H]1C[C@@](c2nncn2C)(C2CCCC(n3cc4c(C(F)(F)F)cc([C@H](C)N5CCC[C@H](C)C5)cn4c3=O)C2)C1. The van der Waals surface area contributed by atoms with Crippen LogP contribution in [0.5, 0.6) is 0 Å². The van der Waals surface area contributed by atoms with Crippen molar-refractivity contribution < 1.29 is 17.9 Å². The minimum atomic E-state index is -4.57. The summed E-state index contributed by atoms with van der Waals surface area (Å²) in [5, 5.41) is 8.60. The number of piperidine rings is 1. The Morgan fingerprint density at radius 1 is 1.15 bits per heavy atom. The summed E-state index contributed by atoms with van der Waals surface area (Å²) in [5.74, 6) is 1.65. The van der Waals surface area contributed by atoms with Gasteiger partial charge in [0, 0.05) is 50.6 Å². The van der Waals surface area contributed by atoms with Gasteiger partial charge in [-0.3, -0.25) is 13.9 Å². The van der Waals surface area contributed by atoms with E-state index in [0.29, 0.717) is 17.9 Å². The highest BCUT2D eigenvalue weighted by Crippen LogP contribution is 2.55. The third kappa shape index (κ3) is 4.92. The summed E-state index contributed by atoms with van der Waals surface area (Å²) in [5.41, 5.74) is -0.889. The van der Waals surface area contributed by atoms with Crippen LogP contribution in [0.2, 0.25) is 0 Å². The number of hydrogen-bond donors (Lipinski definition) is 0. The maximum atomic E-state index is 14.4. The van der Waals surface area contributed by atoms with Crippen LogP contribution in [0.15, 0.2) is 29.6 Å². The van der Waals surface area contributed by atoms with Gasteiger partial charge in [-0.2, -0.15) is 13.2 Å². The largest absolute Gasteiger partial charge is 0.418 e. The summed E-state index contributed by atoms with van der Waals surface area (Å²) in [6.45, 7) is 5.82. The molecule has 3 aromatic rings. The fourth-order valence-electron chi connectivity index (χ4n) is 8.00. The summed E-state index contributed by atoms with van der Waals surface area (Å²) in [6.07, 6.45) is 7.52. The Hall–Kier alpha value is -2.66. The van der Waals surface area contributed by atoms with Crippen LogP contribution >= 0.6 is 0 Å². The van der Waals surface area contributed by atoms with Gasteiger partial charge in [-0.25, -0.2) is 4.79 Å². The van der Waals surface area contributed by atoms with E-state index in [-0.39, 0.29) is 35.0 Å². The summed E-state index contributed by atoms with van der Waals surface area (Å²) in [6, 6.07) is 0.864. The second-order valence-corrected chi connectivity index (χ2v) is 12.9. The summed E-state index contributed by atoms with van der Waals surface area (Å²) < 4.78 is 53.7. The minimum absolute atomic E-state index is 0.0707. The predicted octanol–water partition coefficient (Wildman–Crippen LogP) is 5.52. The standard InChI is InChI=1S/C30H41F3N6O2/c1-19-7-6-10-37(15-19)20(2)21-11-25(30(31,32)33)26-17-38(28(40)39(26)16-21)23-9-5-8-22(12-23)29(13-24(14-29)41-4)27-35-34-18-36(27)3/h11,16-20,22-24H,5-10,12-15H2,1-4H3/t19-,20-,22?,23?,24-,29-/m0/s1. The Morgan fingerprint density at radius 2 is 1.93 bits per heavy atom. The monoisotopic (exact) mass is 574 g/mol. The van der Waals surface area contributed by atoms with Gasteiger partial charge in [-0.05, 0) is 81.9 Å². The second-order valence-electron chi connectivity index (χ2n) is 12.9. The molecule has 41 heavy (non-hydrogen) atoms. The molecule has 3 fully saturated rings. The van der Waals surface area contributed by atoms with Gasteiger partial charge in [0.15, 0.2) is 0 Å². The normalized spacial score (nSPS) is 30.4. The molecule has 224 valence electrons. The third-order valence-corrected chi connectivity index (χ3v) is 10.3. The average molecular weight is 575 g/mol. The first kappa shape index (κ1) is 28.5. The van der Waals surface area contributed by atoms with Crippen LogP contribution in [0, 0.1) is 11.8 Å². The van der Waals surface area contributed by atoms with Gasteiger partial charge in [-0.15, -0.1) is 10.2 Å². The Bertz CT molecular complexity index is 1450. The molecule has 0 spiro atoms. The number of aryl methyl sites for hydroxylation is 1. The molecule has 3 aromatic heterocycles. The van der Waals surface area contributed by atoms with Gasteiger partial charge in [0.05, 0.1) is 17.2 Å². The van der Waals surface area contributed by atoms with Crippen molar-refractivity contribution in [3.63, 3.8) is 0 Å². The molecule has 2 aliphatic carbocycles. The lowest BCUT2D eigenvalue weighted by atomic mass is 9.55. The molecule has 0 amide bonds. The third-order valence-electron chi connectivity index (χ3n) is 10.3. The van der Waals surface area contributed by atoms with Crippen molar-refractivity contribution in [1.29, 1.82) is 0 Å². The molecular weight excluding hydrogens is 533 g/mol. The van der Waals surface area contributed by atoms with E-state index in [4.69, 9.17) is 4.74 Å². The van der Waals surface area contributed by atoms with Crippen LogP contribution in [-0.2, 0) is 23.4 Å². The van der Waals surface area contributed by atoms with Gasteiger partial charge >= 0.3 is 11.9 Å². The molecule has 6 rings (SSSR count). The number of likely N-dealkylation sites (tertiary alicyclic amines) is 1. The second kappa shape index (κ2) is 10.6. The minimum Gasteiger partial charge on any atom is -0.381 e. The molecule has 1 aliphatic heterocycles. The van der Waals surface area contributed by atoms with E-state index in [0.717, 1.165) is 63.9 Å². The first-order valence-electron chi connectivity index (χ1n) is 15.0. The molecule has 1 saturated heterocycles. The van der Waals surface area contributed by atoms with Crippen molar-refractivity contribution in [3.8, 4) is 0 Å². The summed E-state index contributed by atoms with van der Waals surface area (Å²) in [7, 11) is 3.67. The van der Waals surface area contributed by atoms with E-state index in [1.54, 1.807) is 24.2 Å². The maximum Gasteiger partial charge on any atom is 0.418 e. The number of rotatable bonds is 6. The molecule has 2 saturated carbocycles. The van der Waals surface area contributed by atoms with Crippen LogP contribution in [-0.4, -0.2) is 54.9 Å². The summed E-state index contributed by atoms with van der Waals surface area (Å²) in [4.78, 5) is 16.1. The van der Waals surface area contributed by atoms with Crippen LogP contribution in [0.1, 0.15) is 94.2 Å². The van der Waals surface area contributed by atoms with Crippen molar-refractivity contribution in [2.75, 3.05) is 20.2 Å². The van der Waals surface area contributed by atoms with E-state index in [1.165, 1.54) is 16.7 Å². The maximum absolute atomic E-state index is 14.4. The summed E-state index contributed by atoms with van der Waals surface area (Å²) >= 11 is 0. The Balaban J connectivity index is 1.36. The first-order valence-corrected chi connectivity index (χ1v) is 15.0. The van der Waals surface area contributed by atoms with E-state index in [1.807, 2.05) is 18.5 Å². The Kier molecular flexibility index (Phi) is 7.33. The number of pyridine rings is 1. The lowest BCUT2D eigenvalue weighted by Gasteiger charge is -2.52. The zero-order valence-electron chi connectivity index (χ0n) is 24.4. The topological polar surface area (TPSA) is 69.6 Å². The molecule has 4 heterocycles. The van der Waals surface area contributed by atoms with Crippen molar-refractivity contribution >= 4 is 5.52 Å². The Labute approximate surface area is 238 Å². The quantitative estimate of drug-likeness (QED) is 0.388. The molecule has 8 nitrogen and oxygen atoms in total. The number of hydrogen-bond acceptors (Lipinski definition) is 5. The van der Waals surface area contributed by atoms with Crippen molar-refractivity contribution in [1.82, 2.24) is 28.6 Å². The molecular formula is C30H41F3N6O2. The number of aromatic nitrogens is 5. The van der Waals surface area contributed by atoms with Gasteiger partial charge in [-0.1, -0.05) is 13.3 Å². The highest BCUT2D eigenvalue weighted by Gasteiger charge is 2.54. The van der Waals surface area contributed by atoms with Crippen molar-refractivity contribution in [2.24, 2.45) is 18.9 Å². The fraction of sp³-hybridized carbons (Fsp3) is 0.700. The molecule has 0 aromatic carbocycles. The van der Waals surface area contributed by atoms with Crippen LogP contribution in [0.3, 0.4) is 0 Å². The van der Waals surface area contributed by atoms with E-state index >= 15 is 0 Å². The molecule has 0 radical (unpaired) electrons. The van der Waals surface area contributed by atoms with Gasteiger partial charge < -0.3 is 9.30 Å². The van der Waals surface area contributed by atoms with Crippen molar-refractivity contribution in [2.45, 2.75) is 95.0 Å². The molecule has 11 heteroatoms. The van der Waals surface area contributed by atoms with Gasteiger partial charge in [0.2, 0.25) is 0 Å². The number of fused-ring (bicyclic) bond motifs is 1. The highest BCUT2D eigenvalue weighted by atomic mass is 19.4. The predicted molar refractivity (Wildman–Crippen MR) is 149 cm³/mol. The number of nitrogens with zero attached hydrogens (tertiary/aromatic N) is 6. The highest BCUT2D eigenvalue weighted by molar-refractivity contribution is 5.56. The van der Waals surface area contributed by atoms with Crippen LogP contribution in [0.4, 0.5) is 13.2 Å². The van der Waals surface area contributed by atoms with Gasteiger partial charge in [0.25, 0.3) is 0 Å². The van der Waals surface area contributed by atoms with E-state index < -0.39 is 17.4 Å². The molecule has 0 N–H and O–H groups in total. The smallest absolute Gasteiger partial charge is 0.381 e. The van der Waals surface area contributed by atoms with Gasteiger partial charge in [0.1, 0.15) is 12.2 Å².